The molecule has 0 aromatic carbocycles. The first-order valence-electron chi connectivity index (χ1n) is 19.4. The summed E-state index contributed by atoms with van der Waals surface area (Å²) in [5.74, 6) is -1.65. The van der Waals surface area contributed by atoms with Crippen molar-refractivity contribution < 1.29 is 33.8 Å². The van der Waals surface area contributed by atoms with Gasteiger partial charge < -0.3 is 25.4 Å². The molecular formula is C39H57N7O7S. The van der Waals surface area contributed by atoms with E-state index < -0.39 is 42.0 Å². The molecule has 2 aromatic rings. The van der Waals surface area contributed by atoms with Crippen molar-refractivity contribution in [1.82, 2.24) is 35.4 Å². The van der Waals surface area contributed by atoms with Crippen molar-refractivity contribution in [2.75, 3.05) is 20.1 Å². The second kappa shape index (κ2) is 18.1. The van der Waals surface area contributed by atoms with Crippen LogP contribution in [0.25, 0.3) is 0 Å². The predicted molar refractivity (Wildman–Crippen MR) is 202 cm³/mol. The summed E-state index contributed by atoms with van der Waals surface area (Å²) < 4.78 is 5.80. The third-order valence-electron chi connectivity index (χ3n) is 11.5. The molecule has 54 heavy (non-hydrogen) atoms. The molecule has 3 amide bonds. The number of likely N-dealkylation sites (N-methyl/N-ethyl adjacent to an activating group) is 1. The molecule has 5 heterocycles. The first kappa shape index (κ1) is 41.2. The molecule has 7 atom stereocenters. The molecule has 0 unspecified atom stereocenters. The normalized spacial score (nSPS) is 22.7. The van der Waals surface area contributed by atoms with E-state index in [0.29, 0.717) is 22.7 Å². The molecule has 4 fully saturated rings. The molecule has 3 N–H and O–H groups in total. The number of carbonyl (C=O) groups is 5. The van der Waals surface area contributed by atoms with Gasteiger partial charge in [-0.1, -0.05) is 27.7 Å². The van der Waals surface area contributed by atoms with Gasteiger partial charge in [0.25, 0.3) is 5.91 Å². The number of rotatable bonds is 18. The smallest absolute Gasteiger partial charge is 0.306 e. The fourth-order valence-electron chi connectivity index (χ4n) is 7.94. The zero-order valence-corrected chi connectivity index (χ0v) is 33.4. The summed E-state index contributed by atoms with van der Waals surface area (Å²) >= 11 is 1.17. The average molecular weight is 768 g/mol. The molecule has 3 saturated heterocycles. The first-order chi connectivity index (χ1) is 25.6. The molecule has 14 nitrogen and oxygen atoms in total. The third-order valence-corrected chi connectivity index (χ3v) is 12.4. The number of carboxylic acid groups (broad SMARTS) is 1. The van der Waals surface area contributed by atoms with Crippen LogP contribution < -0.4 is 10.6 Å². The average Bonchev–Trinajstić information content (AvgIpc) is 3.87. The van der Waals surface area contributed by atoms with Crippen LogP contribution in [0.3, 0.4) is 0 Å². The van der Waals surface area contributed by atoms with Crippen molar-refractivity contribution >= 4 is 41.0 Å². The number of hydrogen-bond acceptors (Lipinski definition) is 11. The Morgan fingerprint density at radius 3 is 2.24 bits per heavy atom. The summed E-state index contributed by atoms with van der Waals surface area (Å²) in [5, 5.41) is 17.7. The van der Waals surface area contributed by atoms with Gasteiger partial charge in [0.2, 0.25) is 11.8 Å². The number of esters is 1. The number of piperidine rings is 3. The van der Waals surface area contributed by atoms with Crippen LogP contribution in [0.5, 0.6) is 0 Å². The van der Waals surface area contributed by atoms with Gasteiger partial charge in [0.05, 0.1) is 12.0 Å². The minimum Gasteiger partial charge on any atom is -0.481 e. The number of fused-ring (bicyclic) bond motifs is 3. The van der Waals surface area contributed by atoms with Crippen LogP contribution in [-0.4, -0.2) is 104 Å². The van der Waals surface area contributed by atoms with Crippen molar-refractivity contribution in [3.8, 4) is 0 Å². The topological polar surface area (TPSA) is 184 Å². The fraction of sp³-hybridized carbons (Fsp3) is 0.692. The van der Waals surface area contributed by atoms with E-state index in [4.69, 9.17) is 4.74 Å². The van der Waals surface area contributed by atoms with E-state index in [2.05, 4.69) is 37.4 Å². The zero-order valence-electron chi connectivity index (χ0n) is 32.6. The van der Waals surface area contributed by atoms with E-state index in [1.807, 2.05) is 20.8 Å². The van der Waals surface area contributed by atoms with Gasteiger partial charge in [-0.15, -0.1) is 11.3 Å². The summed E-state index contributed by atoms with van der Waals surface area (Å²) in [4.78, 5) is 82.9. The van der Waals surface area contributed by atoms with E-state index in [1.165, 1.54) is 18.3 Å². The Balaban J connectivity index is 1.31. The lowest BCUT2D eigenvalue weighted by Crippen LogP contribution is -2.60. The summed E-state index contributed by atoms with van der Waals surface area (Å²) in [6, 6.07) is -1.86. The number of thiazole rings is 1. The Morgan fingerprint density at radius 1 is 1.02 bits per heavy atom. The van der Waals surface area contributed by atoms with Gasteiger partial charge in [0, 0.05) is 56.7 Å². The van der Waals surface area contributed by atoms with Gasteiger partial charge in [-0.3, -0.25) is 28.9 Å². The lowest BCUT2D eigenvalue weighted by Gasteiger charge is -2.45. The Kier molecular flexibility index (Phi) is 13.8. The molecule has 0 spiro atoms. The minimum atomic E-state index is -0.980. The molecule has 6 rings (SSSR count). The number of hydrogen-bond donors (Lipinski definition) is 3. The maximum atomic E-state index is 14.4. The largest absolute Gasteiger partial charge is 0.481 e. The number of aliphatic carboxylic acids is 1. The van der Waals surface area contributed by atoms with E-state index in [1.54, 1.807) is 36.6 Å². The van der Waals surface area contributed by atoms with Gasteiger partial charge in [0.15, 0.2) is 6.10 Å². The van der Waals surface area contributed by atoms with Crippen LogP contribution in [0.15, 0.2) is 17.8 Å². The summed E-state index contributed by atoms with van der Waals surface area (Å²) in [6.07, 6.45) is 8.23. The second-order valence-corrected chi connectivity index (χ2v) is 17.0. The number of carboxylic acids is 1. The SMILES string of the molecule is CC(=O)O[C@H](C[C@H](C(C)C)N(C)C(=O)[C@@H](NC(=O)[C@H]1CC2CCN1CC2)[C@@H](C)C1CC1)c1nc(C(=O)N[C@@H](Cc2ncc(C)cn2)C[C@H](C)C(=O)O)cs1. The predicted octanol–water partition coefficient (Wildman–Crippen LogP) is 4.19. The second-order valence-electron chi connectivity index (χ2n) is 16.1. The highest BCUT2D eigenvalue weighted by Crippen LogP contribution is 2.40. The molecule has 15 heteroatoms. The van der Waals surface area contributed by atoms with Gasteiger partial charge in [-0.05, 0) is 87.8 Å². The van der Waals surface area contributed by atoms with Crippen LogP contribution in [-0.2, 0) is 30.3 Å². The maximum Gasteiger partial charge on any atom is 0.306 e. The van der Waals surface area contributed by atoms with Gasteiger partial charge in [0.1, 0.15) is 22.6 Å². The summed E-state index contributed by atoms with van der Waals surface area (Å²) in [7, 11) is 1.75. The number of aryl methyl sites for hydroxylation is 1. The van der Waals surface area contributed by atoms with Gasteiger partial charge >= 0.3 is 11.9 Å². The highest BCUT2D eigenvalue weighted by atomic mass is 32.1. The summed E-state index contributed by atoms with van der Waals surface area (Å²) in [6.45, 7) is 12.6. The number of ether oxygens (including phenoxy) is 1. The Hall–Kier alpha value is -3.98. The molecule has 2 bridgehead atoms. The van der Waals surface area contributed by atoms with Crippen molar-refractivity contribution in [2.45, 2.75) is 123 Å². The lowest BCUT2D eigenvalue weighted by atomic mass is 9.82. The van der Waals surface area contributed by atoms with Crippen LogP contribution in [0.2, 0.25) is 0 Å². The third kappa shape index (κ3) is 10.6. The fourth-order valence-corrected chi connectivity index (χ4v) is 8.78. The molecular weight excluding hydrogens is 711 g/mol. The number of carbonyl (C=O) groups excluding carboxylic acids is 4. The quantitative estimate of drug-likeness (QED) is 0.185. The molecule has 1 aliphatic carbocycles. The molecule has 1 saturated carbocycles. The molecule has 4 aliphatic rings. The van der Waals surface area contributed by atoms with E-state index >= 15 is 0 Å². The number of amides is 3. The monoisotopic (exact) mass is 767 g/mol. The Labute approximate surface area is 322 Å². The Morgan fingerprint density at radius 2 is 1.69 bits per heavy atom. The molecule has 0 radical (unpaired) electrons. The van der Waals surface area contributed by atoms with Crippen LogP contribution in [0, 0.1) is 36.5 Å². The highest BCUT2D eigenvalue weighted by molar-refractivity contribution is 7.09. The van der Waals surface area contributed by atoms with E-state index in [-0.39, 0.29) is 60.7 Å². The molecule has 2 aromatic heterocycles. The number of nitrogens with zero attached hydrogens (tertiary/aromatic N) is 5. The van der Waals surface area contributed by atoms with E-state index in [0.717, 1.165) is 50.8 Å². The molecule has 296 valence electrons. The lowest BCUT2D eigenvalue weighted by molar-refractivity contribution is -0.149. The number of nitrogens with one attached hydrogen (secondary N) is 2. The molecule has 3 aliphatic heterocycles. The Bertz CT molecular complexity index is 1640. The van der Waals surface area contributed by atoms with Crippen LogP contribution in [0.4, 0.5) is 0 Å². The van der Waals surface area contributed by atoms with Crippen molar-refractivity contribution in [3.63, 3.8) is 0 Å². The maximum absolute atomic E-state index is 14.4. The van der Waals surface area contributed by atoms with E-state index in [9.17, 15) is 29.1 Å². The van der Waals surface area contributed by atoms with Crippen LogP contribution in [0.1, 0.15) is 113 Å². The standard InChI is InChI=1S/C39H57N7O7S/c1-21(2)30(45(7)38(50)34(24(5)27-8-9-27)44-36(49)31-15-26-10-12-46(31)13-11-26)17-32(53-25(6)47)37-43-29(20-54-37)35(48)42-28(14-23(4)39(51)52)16-33-40-18-22(3)19-41-33/h18-21,23-24,26-28,30-32,34H,8-17H2,1-7H3,(H,42,48)(H,44,49)(H,51,52)/t23-,24-,28+,30+,31+,32+,34-/m0/s1. The van der Waals surface area contributed by atoms with Crippen molar-refractivity contribution in [2.24, 2.45) is 29.6 Å². The zero-order chi connectivity index (χ0) is 39.3. The first-order valence-corrected chi connectivity index (χ1v) is 20.2. The van der Waals surface area contributed by atoms with Crippen LogP contribution >= 0.6 is 11.3 Å². The summed E-state index contributed by atoms with van der Waals surface area (Å²) in [5.41, 5.74) is 0.980. The number of aromatic nitrogens is 3. The highest BCUT2D eigenvalue weighted by Gasteiger charge is 2.44. The minimum absolute atomic E-state index is 0.0309. The van der Waals surface area contributed by atoms with Crippen molar-refractivity contribution in [3.05, 3.63) is 39.9 Å². The van der Waals surface area contributed by atoms with Gasteiger partial charge in [-0.25, -0.2) is 15.0 Å². The van der Waals surface area contributed by atoms with Gasteiger partial charge in [-0.2, -0.15) is 0 Å². The van der Waals surface area contributed by atoms with Crippen molar-refractivity contribution in [1.29, 1.82) is 0 Å².